The maximum atomic E-state index is 13.3. The Morgan fingerprint density at radius 1 is 1.15 bits per heavy atom. The lowest BCUT2D eigenvalue weighted by Crippen LogP contribution is -2.44. The summed E-state index contributed by atoms with van der Waals surface area (Å²) in [4.78, 5) is 12.3. The highest BCUT2D eigenvalue weighted by molar-refractivity contribution is 6.32. The van der Waals surface area contributed by atoms with Crippen molar-refractivity contribution >= 4 is 23.6 Å². The molecule has 1 fully saturated rings. The van der Waals surface area contributed by atoms with Crippen LogP contribution in [0.15, 0.2) is 54.6 Å². The van der Waals surface area contributed by atoms with Crippen LogP contribution in [0.1, 0.15) is 24.0 Å². The standard InChI is InChI=1S/C21H21ClFNO2/c22-19-4-2-1-3-16(19)5-10-20(25)24-15-21(11-13-26-14-12-21)17-6-8-18(23)9-7-17/h1-10H,11-15H2,(H,24,25)/b10-5+. The molecule has 1 aliphatic rings. The number of carbonyl (C=O) groups is 1. The van der Waals surface area contributed by atoms with Crippen LogP contribution in [0.2, 0.25) is 5.02 Å². The van der Waals surface area contributed by atoms with Gasteiger partial charge in [0.25, 0.3) is 0 Å². The van der Waals surface area contributed by atoms with Gasteiger partial charge in [-0.05, 0) is 48.2 Å². The van der Waals surface area contributed by atoms with Crippen LogP contribution in [0.25, 0.3) is 6.08 Å². The van der Waals surface area contributed by atoms with Gasteiger partial charge in [0, 0.05) is 36.3 Å². The molecule has 0 aliphatic carbocycles. The number of hydrogen-bond donors (Lipinski definition) is 1. The first-order chi connectivity index (χ1) is 12.6. The van der Waals surface area contributed by atoms with Crippen molar-refractivity contribution in [3.63, 3.8) is 0 Å². The molecule has 2 aromatic rings. The number of amides is 1. The lowest BCUT2D eigenvalue weighted by Gasteiger charge is -2.37. The van der Waals surface area contributed by atoms with Crippen LogP contribution >= 0.6 is 11.6 Å². The van der Waals surface area contributed by atoms with E-state index >= 15 is 0 Å². The van der Waals surface area contributed by atoms with E-state index in [-0.39, 0.29) is 17.1 Å². The van der Waals surface area contributed by atoms with E-state index in [1.807, 2.05) is 18.2 Å². The first-order valence-corrected chi connectivity index (χ1v) is 9.01. The highest BCUT2D eigenvalue weighted by Crippen LogP contribution is 2.34. The summed E-state index contributed by atoms with van der Waals surface area (Å²) in [5, 5.41) is 3.58. The summed E-state index contributed by atoms with van der Waals surface area (Å²) >= 11 is 6.09. The van der Waals surface area contributed by atoms with E-state index in [0.29, 0.717) is 24.8 Å². The highest BCUT2D eigenvalue weighted by atomic mass is 35.5. The van der Waals surface area contributed by atoms with Crippen LogP contribution < -0.4 is 5.32 Å². The van der Waals surface area contributed by atoms with E-state index in [1.54, 1.807) is 24.3 Å². The van der Waals surface area contributed by atoms with Gasteiger partial charge >= 0.3 is 0 Å². The van der Waals surface area contributed by atoms with Gasteiger partial charge in [0.15, 0.2) is 0 Å². The van der Waals surface area contributed by atoms with E-state index in [1.165, 1.54) is 18.2 Å². The van der Waals surface area contributed by atoms with Crippen LogP contribution in [0, 0.1) is 5.82 Å². The Bertz CT molecular complexity index is 783. The van der Waals surface area contributed by atoms with Crippen molar-refractivity contribution in [1.29, 1.82) is 0 Å². The first-order valence-electron chi connectivity index (χ1n) is 8.63. The lowest BCUT2D eigenvalue weighted by molar-refractivity contribution is -0.116. The van der Waals surface area contributed by atoms with Crippen molar-refractivity contribution in [2.75, 3.05) is 19.8 Å². The smallest absolute Gasteiger partial charge is 0.244 e. The van der Waals surface area contributed by atoms with Crippen LogP contribution in [-0.4, -0.2) is 25.7 Å². The van der Waals surface area contributed by atoms with E-state index < -0.39 is 0 Å². The molecular formula is C21H21ClFNO2. The minimum atomic E-state index is -0.261. The molecule has 0 saturated carbocycles. The molecule has 0 radical (unpaired) electrons. The summed E-state index contributed by atoms with van der Waals surface area (Å²) in [5.74, 6) is -0.444. The summed E-state index contributed by atoms with van der Waals surface area (Å²) in [6.45, 7) is 1.74. The van der Waals surface area contributed by atoms with Gasteiger partial charge in [-0.3, -0.25) is 4.79 Å². The molecule has 3 nitrogen and oxygen atoms in total. The summed E-state index contributed by atoms with van der Waals surface area (Å²) in [7, 11) is 0. The lowest BCUT2D eigenvalue weighted by atomic mass is 9.74. The summed E-state index contributed by atoms with van der Waals surface area (Å²) < 4.78 is 18.8. The normalized spacial score (nSPS) is 16.5. The Morgan fingerprint density at radius 3 is 2.54 bits per heavy atom. The van der Waals surface area contributed by atoms with Gasteiger partial charge < -0.3 is 10.1 Å². The average Bonchev–Trinajstić information content (AvgIpc) is 2.67. The third kappa shape index (κ3) is 4.51. The number of rotatable bonds is 5. The zero-order valence-corrected chi connectivity index (χ0v) is 15.1. The zero-order valence-electron chi connectivity index (χ0n) is 14.4. The number of hydrogen-bond acceptors (Lipinski definition) is 2. The Hall–Kier alpha value is -2.17. The third-order valence-corrected chi connectivity index (χ3v) is 5.17. The van der Waals surface area contributed by atoms with Gasteiger partial charge in [-0.25, -0.2) is 4.39 Å². The average molecular weight is 374 g/mol. The molecule has 136 valence electrons. The van der Waals surface area contributed by atoms with Gasteiger partial charge in [-0.15, -0.1) is 0 Å². The monoisotopic (exact) mass is 373 g/mol. The van der Waals surface area contributed by atoms with Gasteiger partial charge in [0.1, 0.15) is 5.82 Å². The fourth-order valence-electron chi connectivity index (χ4n) is 3.22. The molecule has 0 aromatic heterocycles. The number of nitrogens with one attached hydrogen (secondary N) is 1. The molecule has 0 bridgehead atoms. The van der Waals surface area contributed by atoms with Crippen molar-refractivity contribution in [2.45, 2.75) is 18.3 Å². The second kappa shape index (κ2) is 8.47. The predicted molar refractivity (Wildman–Crippen MR) is 102 cm³/mol. The quantitative estimate of drug-likeness (QED) is 0.791. The van der Waals surface area contributed by atoms with E-state index in [9.17, 15) is 9.18 Å². The molecular weight excluding hydrogens is 353 g/mol. The summed E-state index contributed by atoms with van der Waals surface area (Å²) in [6, 6.07) is 13.9. The Morgan fingerprint density at radius 2 is 1.85 bits per heavy atom. The molecule has 3 rings (SSSR count). The zero-order chi connectivity index (χ0) is 18.4. The predicted octanol–water partition coefficient (Wildman–Crippen LogP) is 4.36. The van der Waals surface area contributed by atoms with Crippen LogP contribution in [0.3, 0.4) is 0 Å². The van der Waals surface area contributed by atoms with Crippen LogP contribution in [-0.2, 0) is 14.9 Å². The molecule has 26 heavy (non-hydrogen) atoms. The second-order valence-electron chi connectivity index (χ2n) is 6.47. The van der Waals surface area contributed by atoms with Crippen molar-refractivity contribution < 1.29 is 13.9 Å². The Kier molecular flexibility index (Phi) is 6.07. The topological polar surface area (TPSA) is 38.3 Å². The Balaban J connectivity index is 1.69. The van der Waals surface area contributed by atoms with E-state index in [0.717, 1.165) is 24.0 Å². The number of ether oxygens (including phenoxy) is 1. The Labute approximate surface area is 157 Å². The van der Waals surface area contributed by atoms with Crippen molar-refractivity contribution in [3.05, 3.63) is 76.6 Å². The van der Waals surface area contributed by atoms with Gasteiger partial charge in [0.05, 0.1) is 0 Å². The maximum absolute atomic E-state index is 13.3. The molecule has 0 atom stereocenters. The van der Waals surface area contributed by atoms with Crippen molar-refractivity contribution in [2.24, 2.45) is 0 Å². The van der Waals surface area contributed by atoms with Crippen LogP contribution in [0.4, 0.5) is 4.39 Å². The fraction of sp³-hybridized carbons (Fsp3) is 0.286. The van der Waals surface area contributed by atoms with Crippen molar-refractivity contribution in [1.82, 2.24) is 5.32 Å². The fourth-order valence-corrected chi connectivity index (χ4v) is 3.42. The van der Waals surface area contributed by atoms with Gasteiger partial charge in [-0.1, -0.05) is 41.9 Å². The SMILES string of the molecule is O=C(/C=C/c1ccccc1Cl)NCC1(c2ccc(F)cc2)CCOCC1. The molecule has 0 spiro atoms. The van der Waals surface area contributed by atoms with E-state index in [2.05, 4.69) is 5.32 Å². The summed E-state index contributed by atoms with van der Waals surface area (Å²) in [5.41, 5.74) is 1.58. The molecule has 1 heterocycles. The molecule has 1 N–H and O–H groups in total. The molecule has 1 amide bonds. The summed E-state index contributed by atoms with van der Waals surface area (Å²) in [6.07, 6.45) is 4.76. The number of carbonyl (C=O) groups excluding carboxylic acids is 1. The van der Waals surface area contributed by atoms with Gasteiger partial charge in [-0.2, -0.15) is 0 Å². The van der Waals surface area contributed by atoms with E-state index in [4.69, 9.17) is 16.3 Å². The number of halogens is 2. The minimum absolute atomic E-state index is 0.183. The van der Waals surface area contributed by atoms with Crippen LogP contribution in [0.5, 0.6) is 0 Å². The minimum Gasteiger partial charge on any atom is -0.381 e. The molecule has 1 aliphatic heterocycles. The second-order valence-corrected chi connectivity index (χ2v) is 6.88. The molecule has 5 heteroatoms. The van der Waals surface area contributed by atoms with Gasteiger partial charge in [0.2, 0.25) is 5.91 Å². The molecule has 0 unspecified atom stereocenters. The molecule has 1 saturated heterocycles. The highest BCUT2D eigenvalue weighted by Gasteiger charge is 2.34. The first kappa shape index (κ1) is 18.6. The molecule has 2 aromatic carbocycles. The number of benzene rings is 2. The maximum Gasteiger partial charge on any atom is 0.244 e. The third-order valence-electron chi connectivity index (χ3n) is 4.83. The van der Waals surface area contributed by atoms with Crippen molar-refractivity contribution in [3.8, 4) is 0 Å². The largest absolute Gasteiger partial charge is 0.381 e.